The minimum absolute atomic E-state index is 0.0597. The maximum Gasteiger partial charge on any atom is 0.349 e. The van der Waals surface area contributed by atoms with Crippen LogP contribution in [-0.2, 0) is 9.53 Å². The van der Waals surface area contributed by atoms with Gasteiger partial charge in [0.05, 0.1) is 6.10 Å². The normalized spacial score (nSPS) is 10.7. The monoisotopic (exact) mass is 129 g/mol. The molecule has 0 aromatic heterocycles. The van der Waals surface area contributed by atoms with Gasteiger partial charge in [-0.3, -0.25) is 4.99 Å². The zero-order valence-corrected chi connectivity index (χ0v) is 5.92. The molecule has 0 aliphatic carbocycles. The minimum Gasteiger partial charge on any atom is -0.459 e. The van der Waals surface area contributed by atoms with Gasteiger partial charge in [0.15, 0.2) is 0 Å². The van der Waals surface area contributed by atoms with E-state index < -0.39 is 0 Å². The Bertz CT molecular complexity index is 118. The van der Waals surface area contributed by atoms with Crippen LogP contribution in [0.5, 0.6) is 0 Å². The molecular weight excluding hydrogens is 118 g/mol. The van der Waals surface area contributed by atoms with Crippen molar-refractivity contribution in [2.75, 3.05) is 7.05 Å². The Labute approximate surface area is 54.7 Å². The van der Waals surface area contributed by atoms with Gasteiger partial charge in [-0.1, -0.05) is 0 Å². The first kappa shape index (κ1) is 8.14. The molecule has 3 nitrogen and oxygen atoms in total. The summed E-state index contributed by atoms with van der Waals surface area (Å²) < 4.78 is 4.70. The second-order valence-electron chi connectivity index (χ2n) is 1.87. The van der Waals surface area contributed by atoms with E-state index in [-0.39, 0.29) is 12.1 Å². The maximum atomic E-state index is 10.5. The Morgan fingerprint density at radius 1 is 1.67 bits per heavy atom. The van der Waals surface area contributed by atoms with Crippen molar-refractivity contribution in [3.8, 4) is 0 Å². The fourth-order valence-corrected chi connectivity index (χ4v) is 0.368. The number of esters is 1. The van der Waals surface area contributed by atoms with Gasteiger partial charge in [-0.2, -0.15) is 0 Å². The standard InChI is InChI=1S/C6H11NO2/c1-5(2)9-6(8)4-7-3/h4-5H,1-3H3/b7-4+. The molecule has 52 valence electrons. The third-order valence-corrected chi connectivity index (χ3v) is 0.586. The molecule has 0 unspecified atom stereocenters. The van der Waals surface area contributed by atoms with Crippen LogP contribution in [0.2, 0.25) is 0 Å². The van der Waals surface area contributed by atoms with E-state index in [1.165, 1.54) is 7.05 Å². The third-order valence-electron chi connectivity index (χ3n) is 0.586. The molecule has 0 rings (SSSR count). The van der Waals surface area contributed by atoms with Crippen LogP contribution in [0.4, 0.5) is 0 Å². The highest BCUT2D eigenvalue weighted by Crippen LogP contribution is 1.85. The fourth-order valence-electron chi connectivity index (χ4n) is 0.368. The van der Waals surface area contributed by atoms with E-state index in [1.54, 1.807) is 13.8 Å². The van der Waals surface area contributed by atoms with Crippen LogP contribution in [-0.4, -0.2) is 25.3 Å². The Kier molecular flexibility index (Phi) is 3.67. The van der Waals surface area contributed by atoms with Gasteiger partial charge in [0.1, 0.15) is 6.21 Å². The molecule has 0 aliphatic heterocycles. The number of hydrogen-bond acceptors (Lipinski definition) is 3. The summed E-state index contributed by atoms with van der Waals surface area (Å²) in [6.07, 6.45) is 1.09. The van der Waals surface area contributed by atoms with Crippen molar-refractivity contribution >= 4 is 12.2 Å². The Morgan fingerprint density at radius 2 is 2.22 bits per heavy atom. The predicted molar refractivity (Wildman–Crippen MR) is 35.6 cm³/mol. The van der Waals surface area contributed by atoms with Gasteiger partial charge in [-0.15, -0.1) is 0 Å². The quantitative estimate of drug-likeness (QED) is 0.405. The summed E-state index contributed by atoms with van der Waals surface area (Å²) in [6.45, 7) is 3.59. The van der Waals surface area contributed by atoms with Crippen LogP contribution >= 0.6 is 0 Å². The Hall–Kier alpha value is -0.860. The molecule has 0 bridgehead atoms. The van der Waals surface area contributed by atoms with Crippen molar-refractivity contribution in [1.82, 2.24) is 0 Å². The zero-order chi connectivity index (χ0) is 7.28. The van der Waals surface area contributed by atoms with Crippen LogP contribution in [0.3, 0.4) is 0 Å². The largest absolute Gasteiger partial charge is 0.459 e. The maximum absolute atomic E-state index is 10.5. The zero-order valence-electron chi connectivity index (χ0n) is 5.92. The van der Waals surface area contributed by atoms with E-state index in [4.69, 9.17) is 4.74 Å². The summed E-state index contributed by atoms with van der Waals surface area (Å²) in [5.74, 6) is -0.382. The van der Waals surface area contributed by atoms with E-state index in [0.717, 1.165) is 6.21 Å². The first-order chi connectivity index (χ1) is 4.16. The number of aliphatic imine (C=N–C) groups is 1. The van der Waals surface area contributed by atoms with Gasteiger partial charge in [0.25, 0.3) is 0 Å². The Balaban J connectivity index is 3.51. The Morgan fingerprint density at radius 3 is 2.56 bits per heavy atom. The SMILES string of the molecule is C/N=C/C(=O)OC(C)C. The van der Waals surface area contributed by atoms with Gasteiger partial charge in [0.2, 0.25) is 0 Å². The molecule has 0 aliphatic rings. The minimum atomic E-state index is -0.382. The topological polar surface area (TPSA) is 38.7 Å². The molecule has 0 fully saturated rings. The predicted octanol–water partition coefficient (Wildman–Crippen LogP) is 0.639. The average Bonchev–Trinajstić information content (AvgIpc) is 1.63. The first-order valence-electron chi connectivity index (χ1n) is 2.79. The lowest BCUT2D eigenvalue weighted by Crippen LogP contribution is -2.11. The van der Waals surface area contributed by atoms with E-state index >= 15 is 0 Å². The second kappa shape index (κ2) is 4.06. The number of carbonyl (C=O) groups is 1. The van der Waals surface area contributed by atoms with E-state index in [9.17, 15) is 4.79 Å². The van der Waals surface area contributed by atoms with Crippen LogP contribution < -0.4 is 0 Å². The highest BCUT2D eigenvalue weighted by Gasteiger charge is 1.98. The first-order valence-corrected chi connectivity index (χ1v) is 2.79. The van der Waals surface area contributed by atoms with Crippen molar-refractivity contribution in [1.29, 1.82) is 0 Å². The lowest BCUT2D eigenvalue weighted by atomic mass is 10.5. The molecule has 0 spiro atoms. The van der Waals surface area contributed by atoms with Gasteiger partial charge < -0.3 is 4.74 Å². The summed E-state index contributed by atoms with van der Waals surface area (Å²) in [5, 5.41) is 0. The number of hydrogen-bond donors (Lipinski definition) is 0. The third kappa shape index (κ3) is 5.00. The van der Waals surface area contributed by atoms with Gasteiger partial charge in [0, 0.05) is 7.05 Å². The summed E-state index contributed by atoms with van der Waals surface area (Å²) >= 11 is 0. The fraction of sp³-hybridized carbons (Fsp3) is 0.667. The smallest absolute Gasteiger partial charge is 0.349 e. The van der Waals surface area contributed by atoms with E-state index in [1.807, 2.05) is 0 Å². The number of nitrogens with zero attached hydrogens (tertiary/aromatic N) is 1. The van der Waals surface area contributed by atoms with Crippen molar-refractivity contribution < 1.29 is 9.53 Å². The number of carbonyl (C=O) groups excluding carboxylic acids is 1. The van der Waals surface area contributed by atoms with E-state index in [0.29, 0.717) is 0 Å². The highest BCUT2D eigenvalue weighted by molar-refractivity contribution is 6.23. The number of ether oxygens (including phenoxy) is 1. The molecule has 9 heavy (non-hydrogen) atoms. The van der Waals surface area contributed by atoms with Gasteiger partial charge >= 0.3 is 5.97 Å². The molecule has 3 heteroatoms. The second-order valence-corrected chi connectivity index (χ2v) is 1.87. The molecule has 0 N–H and O–H groups in total. The van der Waals surface area contributed by atoms with Crippen LogP contribution in [0.1, 0.15) is 13.8 Å². The lowest BCUT2D eigenvalue weighted by Gasteiger charge is -2.02. The summed E-state index contributed by atoms with van der Waals surface area (Å²) in [5.41, 5.74) is 0. The van der Waals surface area contributed by atoms with E-state index in [2.05, 4.69) is 4.99 Å². The molecule has 0 heterocycles. The molecule has 0 radical (unpaired) electrons. The molecule has 0 atom stereocenters. The molecule has 0 amide bonds. The average molecular weight is 129 g/mol. The molecule has 0 saturated carbocycles. The summed E-state index contributed by atoms with van der Waals surface area (Å²) in [7, 11) is 1.53. The molecular formula is C6H11NO2. The molecule has 0 aromatic carbocycles. The van der Waals surface area contributed by atoms with Gasteiger partial charge in [-0.25, -0.2) is 4.79 Å². The molecule has 0 aromatic rings. The highest BCUT2D eigenvalue weighted by atomic mass is 16.5. The number of rotatable bonds is 2. The van der Waals surface area contributed by atoms with Crippen molar-refractivity contribution in [2.24, 2.45) is 4.99 Å². The van der Waals surface area contributed by atoms with Crippen LogP contribution in [0.25, 0.3) is 0 Å². The van der Waals surface area contributed by atoms with Crippen molar-refractivity contribution in [3.05, 3.63) is 0 Å². The molecule has 0 saturated heterocycles. The van der Waals surface area contributed by atoms with Gasteiger partial charge in [-0.05, 0) is 13.8 Å². The summed E-state index contributed by atoms with van der Waals surface area (Å²) in [6, 6.07) is 0. The lowest BCUT2D eigenvalue weighted by molar-refractivity contribution is -0.138. The van der Waals surface area contributed by atoms with Crippen molar-refractivity contribution in [2.45, 2.75) is 20.0 Å². The van der Waals surface area contributed by atoms with Crippen molar-refractivity contribution in [3.63, 3.8) is 0 Å². The van der Waals surface area contributed by atoms with Crippen LogP contribution in [0, 0.1) is 0 Å². The summed E-state index contributed by atoms with van der Waals surface area (Å²) in [4.78, 5) is 14.0. The van der Waals surface area contributed by atoms with Crippen LogP contribution in [0.15, 0.2) is 4.99 Å².